The molecule has 4 nitrogen and oxygen atoms in total. The molecule has 8 heteroatoms. The molecule has 0 saturated heterocycles. The molecule has 2 aliphatic rings. The van der Waals surface area contributed by atoms with Gasteiger partial charge in [-0.3, -0.25) is 0 Å². The zero-order valence-electron chi connectivity index (χ0n) is 15.3. The predicted octanol–water partition coefficient (Wildman–Crippen LogP) is 6.62. The Labute approximate surface area is 170 Å². The molecule has 0 spiro atoms. The summed E-state index contributed by atoms with van der Waals surface area (Å²) in [5.41, 5.74) is 0.835. The highest BCUT2D eigenvalue weighted by molar-refractivity contribution is 9.10. The number of rotatable bonds is 5. The average molecular weight is 455 g/mol. The van der Waals surface area contributed by atoms with Crippen LogP contribution in [-0.4, -0.2) is 16.0 Å². The quantitative estimate of drug-likeness (QED) is 0.532. The van der Waals surface area contributed by atoms with Crippen LogP contribution in [0.1, 0.15) is 62.1 Å². The first-order chi connectivity index (χ1) is 13.4. The second-order valence-corrected chi connectivity index (χ2v) is 8.43. The number of aromatic nitrogens is 2. The van der Waals surface area contributed by atoms with E-state index < -0.39 is 11.7 Å². The lowest BCUT2D eigenvalue weighted by atomic mass is 9.96. The van der Waals surface area contributed by atoms with E-state index in [9.17, 15) is 13.2 Å². The van der Waals surface area contributed by atoms with Gasteiger partial charge >= 0.3 is 6.18 Å². The summed E-state index contributed by atoms with van der Waals surface area (Å²) in [6.07, 6.45) is 3.79. The van der Waals surface area contributed by atoms with Crippen molar-refractivity contribution in [1.29, 1.82) is 0 Å². The zero-order chi connectivity index (χ0) is 19.7. The third kappa shape index (κ3) is 4.77. The van der Waals surface area contributed by atoms with Crippen molar-refractivity contribution in [2.45, 2.75) is 63.1 Å². The fourth-order valence-electron chi connectivity index (χ4n) is 3.54. The van der Waals surface area contributed by atoms with Crippen molar-refractivity contribution < 1.29 is 13.2 Å². The largest absolute Gasteiger partial charge is 0.416 e. The van der Waals surface area contributed by atoms with E-state index in [1.807, 2.05) is 6.07 Å². The standard InChI is InChI=1S/C20H22BrF3N4/c21-15-10-13(20(22,23)24)8-9-16(15)26-18-11-17(12-6-7-12)27-19(28-18)25-14-4-2-1-3-5-14/h8-12,14H,1-7H2,(H2,25,26,27,28). The minimum atomic E-state index is -4.37. The maximum absolute atomic E-state index is 12.9. The highest BCUT2D eigenvalue weighted by Crippen LogP contribution is 2.41. The van der Waals surface area contributed by atoms with Crippen LogP contribution in [0.2, 0.25) is 0 Å². The number of anilines is 3. The highest BCUT2D eigenvalue weighted by Gasteiger charge is 2.31. The lowest BCUT2D eigenvalue weighted by Gasteiger charge is -2.23. The molecule has 2 fully saturated rings. The highest BCUT2D eigenvalue weighted by atomic mass is 79.9. The van der Waals surface area contributed by atoms with E-state index in [4.69, 9.17) is 0 Å². The Morgan fingerprint density at radius 3 is 2.36 bits per heavy atom. The Kier molecular flexibility index (Phi) is 5.49. The van der Waals surface area contributed by atoms with Gasteiger partial charge in [-0.2, -0.15) is 18.2 Å². The topological polar surface area (TPSA) is 49.8 Å². The van der Waals surface area contributed by atoms with Gasteiger partial charge in [0, 0.05) is 22.5 Å². The number of benzene rings is 1. The molecule has 0 radical (unpaired) electrons. The summed E-state index contributed by atoms with van der Waals surface area (Å²) in [6.45, 7) is 0. The van der Waals surface area contributed by atoms with Gasteiger partial charge < -0.3 is 10.6 Å². The van der Waals surface area contributed by atoms with Crippen LogP contribution in [-0.2, 0) is 6.18 Å². The summed E-state index contributed by atoms with van der Waals surface area (Å²) in [5, 5.41) is 6.60. The predicted molar refractivity (Wildman–Crippen MR) is 107 cm³/mol. The van der Waals surface area contributed by atoms with E-state index in [0.29, 0.717) is 33.9 Å². The van der Waals surface area contributed by atoms with E-state index >= 15 is 0 Å². The van der Waals surface area contributed by atoms with Gasteiger partial charge in [-0.15, -0.1) is 0 Å². The summed E-state index contributed by atoms with van der Waals surface area (Å²) in [4.78, 5) is 9.25. The Hall–Kier alpha value is -1.83. The summed E-state index contributed by atoms with van der Waals surface area (Å²) < 4.78 is 39.0. The van der Waals surface area contributed by atoms with Crippen molar-refractivity contribution in [2.75, 3.05) is 10.6 Å². The normalized spacial score (nSPS) is 18.1. The second-order valence-electron chi connectivity index (χ2n) is 7.57. The van der Waals surface area contributed by atoms with Gasteiger partial charge in [-0.1, -0.05) is 19.3 Å². The van der Waals surface area contributed by atoms with E-state index in [0.717, 1.165) is 43.5 Å². The molecule has 0 amide bonds. The van der Waals surface area contributed by atoms with E-state index in [1.54, 1.807) is 0 Å². The number of alkyl halides is 3. The van der Waals surface area contributed by atoms with Crippen LogP contribution in [0.25, 0.3) is 0 Å². The molecule has 4 rings (SSSR count). The lowest BCUT2D eigenvalue weighted by molar-refractivity contribution is -0.137. The fraction of sp³-hybridized carbons (Fsp3) is 0.500. The Balaban J connectivity index is 1.56. The monoisotopic (exact) mass is 454 g/mol. The van der Waals surface area contributed by atoms with Gasteiger partial charge in [0.05, 0.1) is 16.9 Å². The molecule has 2 saturated carbocycles. The van der Waals surface area contributed by atoms with Gasteiger partial charge in [-0.25, -0.2) is 4.98 Å². The van der Waals surface area contributed by atoms with Crippen LogP contribution >= 0.6 is 15.9 Å². The fourth-order valence-corrected chi connectivity index (χ4v) is 4.02. The molecule has 150 valence electrons. The third-order valence-electron chi connectivity index (χ3n) is 5.24. The summed E-state index contributed by atoms with van der Waals surface area (Å²) >= 11 is 3.23. The number of nitrogens with one attached hydrogen (secondary N) is 2. The Bertz CT molecular complexity index is 846. The third-order valence-corrected chi connectivity index (χ3v) is 5.90. The number of halogens is 4. The van der Waals surface area contributed by atoms with Crippen molar-refractivity contribution in [3.8, 4) is 0 Å². The van der Waals surface area contributed by atoms with Crippen LogP contribution in [0.3, 0.4) is 0 Å². The molecular weight excluding hydrogens is 433 g/mol. The van der Waals surface area contributed by atoms with Crippen LogP contribution in [0.15, 0.2) is 28.7 Å². The molecule has 0 unspecified atom stereocenters. The first kappa shape index (κ1) is 19.5. The van der Waals surface area contributed by atoms with Gasteiger partial charge in [0.2, 0.25) is 5.95 Å². The van der Waals surface area contributed by atoms with Crippen LogP contribution in [0, 0.1) is 0 Å². The van der Waals surface area contributed by atoms with Crippen LogP contribution in [0.5, 0.6) is 0 Å². The van der Waals surface area contributed by atoms with Gasteiger partial charge in [0.25, 0.3) is 0 Å². The Morgan fingerprint density at radius 1 is 0.964 bits per heavy atom. The number of hydrogen-bond donors (Lipinski definition) is 2. The van der Waals surface area contributed by atoms with Gasteiger partial charge in [0.1, 0.15) is 5.82 Å². The maximum Gasteiger partial charge on any atom is 0.416 e. The van der Waals surface area contributed by atoms with Crippen molar-refractivity contribution in [1.82, 2.24) is 9.97 Å². The lowest BCUT2D eigenvalue weighted by Crippen LogP contribution is -2.23. The zero-order valence-corrected chi connectivity index (χ0v) is 16.9. The summed E-state index contributed by atoms with van der Waals surface area (Å²) in [5.74, 6) is 1.64. The second kappa shape index (κ2) is 7.89. The average Bonchev–Trinajstić information content (AvgIpc) is 3.48. The molecule has 1 heterocycles. The molecule has 28 heavy (non-hydrogen) atoms. The van der Waals surface area contributed by atoms with Crippen LogP contribution in [0.4, 0.5) is 30.6 Å². The molecule has 2 N–H and O–H groups in total. The molecular formula is C20H22BrF3N4. The first-order valence-electron chi connectivity index (χ1n) is 9.68. The molecule has 1 aromatic carbocycles. The molecule has 0 aliphatic heterocycles. The van der Waals surface area contributed by atoms with Gasteiger partial charge in [0.15, 0.2) is 0 Å². The van der Waals surface area contributed by atoms with Crippen molar-refractivity contribution in [2.24, 2.45) is 0 Å². The minimum absolute atomic E-state index is 0.343. The number of hydrogen-bond acceptors (Lipinski definition) is 4. The molecule has 0 atom stereocenters. The summed E-state index contributed by atoms with van der Waals surface area (Å²) in [6, 6.07) is 5.84. The molecule has 2 aliphatic carbocycles. The van der Waals surface area contributed by atoms with E-state index in [-0.39, 0.29) is 0 Å². The summed E-state index contributed by atoms with van der Waals surface area (Å²) in [7, 11) is 0. The minimum Gasteiger partial charge on any atom is -0.351 e. The van der Waals surface area contributed by atoms with Crippen LogP contribution < -0.4 is 10.6 Å². The number of nitrogens with zero attached hydrogens (tertiary/aromatic N) is 2. The van der Waals surface area contributed by atoms with Gasteiger partial charge in [-0.05, 0) is 59.8 Å². The first-order valence-corrected chi connectivity index (χ1v) is 10.5. The SMILES string of the molecule is FC(F)(F)c1ccc(Nc2cc(C3CC3)nc(NC3CCCCC3)n2)c(Br)c1. The molecule has 0 bridgehead atoms. The van der Waals surface area contributed by atoms with E-state index in [1.165, 1.54) is 25.3 Å². The Morgan fingerprint density at radius 2 is 1.71 bits per heavy atom. The molecule has 1 aromatic heterocycles. The van der Waals surface area contributed by atoms with Crippen molar-refractivity contribution >= 4 is 33.4 Å². The van der Waals surface area contributed by atoms with E-state index in [2.05, 4.69) is 36.5 Å². The molecule has 2 aromatic rings. The maximum atomic E-state index is 12.9. The van der Waals surface area contributed by atoms with Crippen molar-refractivity contribution in [3.63, 3.8) is 0 Å². The van der Waals surface area contributed by atoms with Crippen molar-refractivity contribution in [3.05, 3.63) is 40.0 Å². The smallest absolute Gasteiger partial charge is 0.351 e.